The summed E-state index contributed by atoms with van der Waals surface area (Å²) in [5.74, 6) is 2.24. The van der Waals surface area contributed by atoms with E-state index in [4.69, 9.17) is 4.98 Å². The van der Waals surface area contributed by atoms with Gasteiger partial charge in [-0.2, -0.15) is 0 Å². The highest BCUT2D eigenvalue weighted by Gasteiger charge is 2.28. The maximum absolute atomic E-state index is 5.02. The molecule has 1 aromatic heterocycles. The normalized spacial score (nSPS) is 14.0. The highest BCUT2D eigenvalue weighted by molar-refractivity contribution is 5.26. The van der Waals surface area contributed by atoms with Crippen LogP contribution in [0.2, 0.25) is 0 Å². The number of nitrogens with zero attached hydrogens (tertiary/aromatic N) is 1. The smallest absolute Gasteiger partial charge is 0.109 e. The molecule has 1 atom stereocenters. The van der Waals surface area contributed by atoms with Crippen LogP contribution in [0.5, 0.6) is 0 Å². The predicted molar refractivity (Wildman–Crippen MR) is 88.6 cm³/mol. The lowest BCUT2D eigenvalue weighted by Gasteiger charge is -2.24. The van der Waals surface area contributed by atoms with Crippen LogP contribution in [0.3, 0.4) is 0 Å². The summed E-state index contributed by atoms with van der Waals surface area (Å²) in [6.45, 7) is 16.0. The number of hydrogen-bond acceptors (Lipinski definition) is 1. The number of aromatic amines is 1. The fourth-order valence-corrected chi connectivity index (χ4v) is 2.88. The minimum atomic E-state index is 0.177. The highest BCUT2D eigenvalue weighted by Crippen LogP contribution is 2.34. The van der Waals surface area contributed by atoms with Gasteiger partial charge in [-0.05, 0) is 18.8 Å². The van der Waals surface area contributed by atoms with E-state index >= 15 is 0 Å². The monoisotopic (exact) mass is 278 g/mol. The molecule has 0 saturated carbocycles. The Morgan fingerprint density at radius 3 is 2.25 bits per heavy atom. The zero-order chi connectivity index (χ0) is 15.3. The molecule has 116 valence electrons. The molecule has 0 aliphatic carbocycles. The van der Waals surface area contributed by atoms with Gasteiger partial charge in [0.2, 0.25) is 0 Å². The molecule has 2 nitrogen and oxygen atoms in total. The van der Waals surface area contributed by atoms with E-state index in [-0.39, 0.29) is 5.41 Å². The molecule has 2 heteroatoms. The number of nitrogens with one attached hydrogen (secondary N) is 1. The summed E-state index contributed by atoms with van der Waals surface area (Å²) >= 11 is 0. The number of H-pyrrole nitrogens is 1. The number of aromatic nitrogens is 2. The van der Waals surface area contributed by atoms with Crippen molar-refractivity contribution in [2.75, 3.05) is 0 Å². The molecule has 0 saturated heterocycles. The number of rotatable bonds is 8. The largest absolute Gasteiger partial charge is 0.345 e. The topological polar surface area (TPSA) is 28.7 Å². The number of unbranched alkanes of at least 4 members (excludes halogenated alkanes) is 1. The Morgan fingerprint density at radius 1 is 1.10 bits per heavy atom. The van der Waals surface area contributed by atoms with E-state index in [1.54, 1.807) is 0 Å². The van der Waals surface area contributed by atoms with E-state index in [9.17, 15) is 0 Å². The Hall–Kier alpha value is -0.790. The van der Waals surface area contributed by atoms with Gasteiger partial charge < -0.3 is 4.98 Å². The summed E-state index contributed by atoms with van der Waals surface area (Å²) in [5, 5.41) is 0. The van der Waals surface area contributed by atoms with Gasteiger partial charge in [0.25, 0.3) is 0 Å². The molecular formula is C18H34N2. The molecule has 1 heterocycles. The summed E-state index contributed by atoms with van der Waals surface area (Å²) < 4.78 is 0. The molecule has 0 spiro atoms. The van der Waals surface area contributed by atoms with Gasteiger partial charge in [-0.3, -0.25) is 0 Å². The first kappa shape index (κ1) is 17.3. The third kappa shape index (κ3) is 4.10. The van der Waals surface area contributed by atoms with Crippen LogP contribution in [-0.2, 0) is 5.41 Å². The summed E-state index contributed by atoms with van der Waals surface area (Å²) in [6, 6.07) is 0. The molecule has 0 bridgehead atoms. The molecule has 0 aliphatic heterocycles. The molecule has 1 unspecified atom stereocenters. The van der Waals surface area contributed by atoms with Crippen molar-refractivity contribution in [1.82, 2.24) is 9.97 Å². The number of hydrogen-bond donors (Lipinski definition) is 1. The van der Waals surface area contributed by atoms with E-state index in [1.807, 2.05) is 0 Å². The van der Waals surface area contributed by atoms with Crippen LogP contribution in [-0.4, -0.2) is 9.97 Å². The Labute approximate surface area is 125 Å². The summed E-state index contributed by atoms with van der Waals surface area (Å²) in [5.41, 5.74) is 2.83. The average Bonchev–Trinajstić information content (AvgIpc) is 2.83. The molecule has 20 heavy (non-hydrogen) atoms. The molecule has 0 aliphatic rings. The average molecular weight is 278 g/mol. The second kappa shape index (κ2) is 7.28. The van der Waals surface area contributed by atoms with Crippen molar-refractivity contribution in [2.45, 2.75) is 97.8 Å². The van der Waals surface area contributed by atoms with Gasteiger partial charge >= 0.3 is 0 Å². The Morgan fingerprint density at radius 2 is 1.75 bits per heavy atom. The zero-order valence-electron chi connectivity index (χ0n) is 14.6. The van der Waals surface area contributed by atoms with Gasteiger partial charge in [0.15, 0.2) is 0 Å². The summed E-state index contributed by atoms with van der Waals surface area (Å²) in [4.78, 5) is 8.66. The van der Waals surface area contributed by atoms with E-state index in [2.05, 4.69) is 53.5 Å². The number of imidazole rings is 1. The van der Waals surface area contributed by atoms with Crippen LogP contribution in [0.25, 0.3) is 0 Å². The quantitative estimate of drug-likeness (QED) is 0.629. The molecular weight excluding hydrogens is 244 g/mol. The van der Waals surface area contributed by atoms with Gasteiger partial charge in [0.1, 0.15) is 5.82 Å². The van der Waals surface area contributed by atoms with Crippen LogP contribution < -0.4 is 0 Å². The lowest BCUT2D eigenvalue weighted by atomic mass is 9.81. The van der Waals surface area contributed by atoms with Crippen LogP contribution in [0.1, 0.15) is 110 Å². The van der Waals surface area contributed by atoms with Gasteiger partial charge in [-0.1, -0.05) is 67.7 Å². The second-order valence-electron chi connectivity index (χ2n) is 7.22. The van der Waals surface area contributed by atoms with E-state index in [1.165, 1.54) is 49.3 Å². The van der Waals surface area contributed by atoms with Gasteiger partial charge in [0.05, 0.1) is 5.69 Å². The third-order valence-corrected chi connectivity index (χ3v) is 4.31. The van der Waals surface area contributed by atoms with Crippen LogP contribution in [0, 0.1) is 0 Å². The first-order valence-electron chi connectivity index (χ1n) is 8.43. The van der Waals surface area contributed by atoms with Crippen LogP contribution in [0.15, 0.2) is 0 Å². The Balaban J connectivity index is 3.10. The first-order chi connectivity index (χ1) is 9.33. The summed E-state index contributed by atoms with van der Waals surface area (Å²) in [7, 11) is 0. The van der Waals surface area contributed by atoms with Gasteiger partial charge in [-0.25, -0.2) is 4.98 Å². The van der Waals surface area contributed by atoms with Crippen molar-refractivity contribution in [2.24, 2.45) is 0 Å². The van der Waals surface area contributed by atoms with E-state index in [0.29, 0.717) is 11.8 Å². The maximum atomic E-state index is 5.02. The molecule has 1 rings (SSSR count). The maximum Gasteiger partial charge on any atom is 0.109 e. The van der Waals surface area contributed by atoms with Gasteiger partial charge in [-0.15, -0.1) is 0 Å². The zero-order valence-corrected chi connectivity index (χ0v) is 14.6. The lowest BCUT2D eigenvalue weighted by Crippen LogP contribution is -2.20. The molecule has 1 aromatic rings. The fourth-order valence-electron chi connectivity index (χ4n) is 2.88. The highest BCUT2D eigenvalue weighted by atomic mass is 15.0. The molecule has 0 amide bonds. The third-order valence-electron chi connectivity index (χ3n) is 4.31. The van der Waals surface area contributed by atoms with Crippen molar-refractivity contribution in [1.29, 1.82) is 0 Å². The fraction of sp³-hybridized carbons (Fsp3) is 0.833. The van der Waals surface area contributed by atoms with E-state index < -0.39 is 0 Å². The Bertz CT molecular complexity index is 402. The second-order valence-corrected chi connectivity index (χ2v) is 7.22. The summed E-state index contributed by atoms with van der Waals surface area (Å²) in [6.07, 6.45) is 6.17. The standard InChI is InChI=1S/C18H34N2/c1-8-10-12-18(6,7)16-15(13(3)4)19-17(20-16)14(5)11-9-2/h13-14H,8-12H2,1-7H3,(H,19,20). The minimum Gasteiger partial charge on any atom is -0.345 e. The first-order valence-corrected chi connectivity index (χ1v) is 8.43. The van der Waals surface area contributed by atoms with Gasteiger partial charge in [0, 0.05) is 17.0 Å². The van der Waals surface area contributed by atoms with Crippen molar-refractivity contribution >= 4 is 0 Å². The van der Waals surface area contributed by atoms with E-state index in [0.717, 1.165) is 0 Å². The van der Waals surface area contributed by atoms with Crippen molar-refractivity contribution in [3.63, 3.8) is 0 Å². The van der Waals surface area contributed by atoms with Crippen molar-refractivity contribution in [3.05, 3.63) is 17.2 Å². The molecule has 0 fully saturated rings. The molecule has 0 aromatic carbocycles. The molecule has 0 radical (unpaired) electrons. The SMILES string of the molecule is CCCCC(C)(C)c1nc(C(C)CCC)[nH]c1C(C)C. The minimum absolute atomic E-state index is 0.177. The lowest BCUT2D eigenvalue weighted by molar-refractivity contribution is 0.440. The molecule has 1 N–H and O–H groups in total. The van der Waals surface area contributed by atoms with Crippen molar-refractivity contribution in [3.8, 4) is 0 Å². The van der Waals surface area contributed by atoms with Crippen LogP contribution in [0.4, 0.5) is 0 Å². The predicted octanol–water partition coefficient (Wildman–Crippen LogP) is 5.90. The Kier molecular flexibility index (Phi) is 6.29. The van der Waals surface area contributed by atoms with Crippen LogP contribution >= 0.6 is 0 Å². The van der Waals surface area contributed by atoms with Crippen molar-refractivity contribution < 1.29 is 0 Å².